The third kappa shape index (κ3) is 1.07. The highest BCUT2D eigenvalue weighted by Gasteiger charge is 2.37. The smallest absolute Gasteiger partial charge is 0.0999 e. The number of hydrogen-bond acceptors (Lipinski definition) is 1. The van der Waals surface area contributed by atoms with Gasteiger partial charge in [0.25, 0.3) is 0 Å². The summed E-state index contributed by atoms with van der Waals surface area (Å²) in [5.74, 6) is 0. The fraction of sp³-hybridized carbons (Fsp3) is 1.00. The lowest BCUT2D eigenvalue weighted by Crippen LogP contribution is -2.02. The van der Waals surface area contributed by atoms with E-state index in [0.29, 0.717) is 12.2 Å². The molecule has 1 saturated heterocycles. The zero-order valence-electron chi connectivity index (χ0n) is 4.52. The standard InChI is InChI=1S/C5H9ClO/c1-3(6)5-4(2)7-5/h3-5H,1-2H3. The maximum absolute atomic E-state index is 5.65. The van der Waals surface area contributed by atoms with Gasteiger partial charge in [-0.2, -0.15) is 0 Å². The third-order valence-electron chi connectivity index (χ3n) is 1.21. The summed E-state index contributed by atoms with van der Waals surface area (Å²) in [6.45, 7) is 3.99. The van der Waals surface area contributed by atoms with E-state index in [9.17, 15) is 0 Å². The van der Waals surface area contributed by atoms with Gasteiger partial charge in [0.1, 0.15) is 0 Å². The van der Waals surface area contributed by atoms with Gasteiger partial charge in [-0.3, -0.25) is 0 Å². The second-order valence-electron chi connectivity index (χ2n) is 1.98. The average molecular weight is 121 g/mol. The van der Waals surface area contributed by atoms with E-state index in [1.807, 2.05) is 13.8 Å². The first-order valence-electron chi connectivity index (χ1n) is 2.51. The van der Waals surface area contributed by atoms with Crippen molar-refractivity contribution in [2.45, 2.75) is 31.4 Å². The predicted octanol–water partition coefficient (Wildman–Crippen LogP) is 1.40. The Kier molecular flexibility index (Phi) is 1.26. The molecule has 3 atom stereocenters. The van der Waals surface area contributed by atoms with Crippen LogP contribution in [0.25, 0.3) is 0 Å². The molecule has 1 aliphatic rings. The van der Waals surface area contributed by atoms with Crippen molar-refractivity contribution in [3.8, 4) is 0 Å². The Bertz CT molecular complexity index is 72.5. The van der Waals surface area contributed by atoms with Crippen LogP contribution in [0.3, 0.4) is 0 Å². The molecule has 42 valence electrons. The van der Waals surface area contributed by atoms with Crippen LogP contribution < -0.4 is 0 Å². The fourth-order valence-electron chi connectivity index (χ4n) is 0.684. The van der Waals surface area contributed by atoms with Gasteiger partial charge < -0.3 is 4.74 Å². The molecule has 0 aliphatic carbocycles. The molecule has 0 aromatic rings. The number of halogens is 1. The van der Waals surface area contributed by atoms with Gasteiger partial charge in [0, 0.05) is 0 Å². The minimum atomic E-state index is 0.190. The lowest BCUT2D eigenvalue weighted by Gasteiger charge is -1.89. The molecule has 1 fully saturated rings. The maximum Gasteiger partial charge on any atom is 0.0999 e. The molecule has 3 unspecified atom stereocenters. The second-order valence-corrected chi connectivity index (χ2v) is 2.67. The number of alkyl halides is 1. The molecule has 0 spiro atoms. The lowest BCUT2D eigenvalue weighted by atomic mass is 10.3. The maximum atomic E-state index is 5.65. The van der Waals surface area contributed by atoms with Gasteiger partial charge in [0.2, 0.25) is 0 Å². The average Bonchev–Trinajstić information content (AvgIpc) is 2.17. The zero-order valence-corrected chi connectivity index (χ0v) is 5.27. The summed E-state index contributed by atoms with van der Waals surface area (Å²) in [5, 5.41) is 0.190. The summed E-state index contributed by atoms with van der Waals surface area (Å²) in [5.41, 5.74) is 0. The Morgan fingerprint density at radius 1 is 1.71 bits per heavy atom. The van der Waals surface area contributed by atoms with Crippen molar-refractivity contribution in [2.75, 3.05) is 0 Å². The van der Waals surface area contributed by atoms with Crippen molar-refractivity contribution in [3.05, 3.63) is 0 Å². The molecule has 7 heavy (non-hydrogen) atoms. The molecule has 1 nitrogen and oxygen atoms in total. The molecular formula is C5H9ClO. The Hall–Kier alpha value is 0.250. The van der Waals surface area contributed by atoms with Gasteiger partial charge in [0.05, 0.1) is 17.6 Å². The van der Waals surface area contributed by atoms with Crippen molar-refractivity contribution in [1.29, 1.82) is 0 Å². The first kappa shape index (κ1) is 5.39. The Balaban J connectivity index is 2.20. The molecule has 0 bridgehead atoms. The van der Waals surface area contributed by atoms with Crippen molar-refractivity contribution in [3.63, 3.8) is 0 Å². The number of epoxide rings is 1. The minimum absolute atomic E-state index is 0.190. The normalized spacial score (nSPS) is 43.3. The van der Waals surface area contributed by atoms with Crippen LogP contribution in [0.5, 0.6) is 0 Å². The van der Waals surface area contributed by atoms with Gasteiger partial charge in [-0.05, 0) is 13.8 Å². The van der Waals surface area contributed by atoms with E-state index in [2.05, 4.69) is 0 Å². The van der Waals surface area contributed by atoms with Crippen LogP contribution in [-0.4, -0.2) is 17.6 Å². The lowest BCUT2D eigenvalue weighted by molar-refractivity contribution is 0.377. The topological polar surface area (TPSA) is 12.5 Å². The van der Waals surface area contributed by atoms with Crippen LogP contribution >= 0.6 is 11.6 Å². The zero-order chi connectivity index (χ0) is 5.44. The van der Waals surface area contributed by atoms with E-state index < -0.39 is 0 Å². The van der Waals surface area contributed by atoms with Crippen molar-refractivity contribution < 1.29 is 4.74 Å². The molecule has 0 aromatic carbocycles. The monoisotopic (exact) mass is 120 g/mol. The highest BCUT2D eigenvalue weighted by atomic mass is 35.5. The Morgan fingerprint density at radius 2 is 2.14 bits per heavy atom. The van der Waals surface area contributed by atoms with E-state index in [-0.39, 0.29) is 5.38 Å². The van der Waals surface area contributed by atoms with Crippen LogP contribution in [-0.2, 0) is 4.74 Å². The summed E-state index contributed by atoms with van der Waals surface area (Å²) < 4.78 is 5.05. The molecule has 0 radical (unpaired) electrons. The summed E-state index contributed by atoms with van der Waals surface area (Å²) >= 11 is 5.65. The van der Waals surface area contributed by atoms with Gasteiger partial charge in [-0.15, -0.1) is 11.6 Å². The van der Waals surface area contributed by atoms with Gasteiger partial charge >= 0.3 is 0 Å². The SMILES string of the molecule is CC(Cl)C1OC1C. The van der Waals surface area contributed by atoms with E-state index in [1.165, 1.54) is 0 Å². The van der Waals surface area contributed by atoms with E-state index in [0.717, 1.165) is 0 Å². The van der Waals surface area contributed by atoms with Crippen LogP contribution in [0.1, 0.15) is 13.8 Å². The summed E-state index contributed by atoms with van der Waals surface area (Å²) in [7, 11) is 0. The highest BCUT2D eigenvalue weighted by Crippen LogP contribution is 2.27. The first-order chi connectivity index (χ1) is 3.22. The Morgan fingerprint density at radius 3 is 2.14 bits per heavy atom. The largest absolute Gasteiger partial charge is 0.368 e. The molecule has 0 N–H and O–H groups in total. The van der Waals surface area contributed by atoms with E-state index in [1.54, 1.807) is 0 Å². The Labute approximate surface area is 48.6 Å². The number of ether oxygens (including phenoxy) is 1. The predicted molar refractivity (Wildman–Crippen MR) is 29.6 cm³/mol. The highest BCUT2D eigenvalue weighted by molar-refractivity contribution is 6.20. The van der Waals surface area contributed by atoms with Gasteiger partial charge in [-0.25, -0.2) is 0 Å². The summed E-state index contributed by atoms with van der Waals surface area (Å²) in [6, 6.07) is 0. The van der Waals surface area contributed by atoms with Crippen LogP contribution in [0.4, 0.5) is 0 Å². The third-order valence-corrected chi connectivity index (χ3v) is 1.46. The number of rotatable bonds is 1. The van der Waals surface area contributed by atoms with Crippen molar-refractivity contribution >= 4 is 11.6 Å². The molecule has 0 saturated carbocycles. The molecule has 0 aromatic heterocycles. The molecule has 1 heterocycles. The molecular weight excluding hydrogens is 112 g/mol. The van der Waals surface area contributed by atoms with Crippen LogP contribution in [0, 0.1) is 0 Å². The van der Waals surface area contributed by atoms with E-state index >= 15 is 0 Å². The van der Waals surface area contributed by atoms with Crippen LogP contribution in [0.15, 0.2) is 0 Å². The summed E-state index contributed by atoms with van der Waals surface area (Å²) in [6.07, 6.45) is 0.745. The fourth-order valence-corrected chi connectivity index (χ4v) is 0.948. The van der Waals surface area contributed by atoms with Crippen molar-refractivity contribution in [2.24, 2.45) is 0 Å². The summed E-state index contributed by atoms with van der Waals surface area (Å²) in [4.78, 5) is 0. The first-order valence-corrected chi connectivity index (χ1v) is 2.95. The molecule has 0 amide bonds. The molecule has 2 heteroatoms. The van der Waals surface area contributed by atoms with E-state index in [4.69, 9.17) is 16.3 Å². The van der Waals surface area contributed by atoms with Gasteiger partial charge in [-0.1, -0.05) is 0 Å². The minimum Gasteiger partial charge on any atom is -0.368 e. The molecule has 1 rings (SSSR count). The van der Waals surface area contributed by atoms with Crippen molar-refractivity contribution in [1.82, 2.24) is 0 Å². The number of hydrogen-bond donors (Lipinski definition) is 0. The second kappa shape index (κ2) is 1.64. The quantitative estimate of drug-likeness (QED) is 0.377. The van der Waals surface area contributed by atoms with Gasteiger partial charge in [0.15, 0.2) is 0 Å². The van der Waals surface area contributed by atoms with Crippen LogP contribution in [0.2, 0.25) is 0 Å². The molecule has 1 aliphatic heterocycles.